The minimum absolute atomic E-state index is 0. The highest BCUT2D eigenvalue weighted by molar-refractivity contribution is 5.39. The molecule has 54 valence electrons. The molecule has 0 aliphatic rings. The summed E-state index contributed by atoms with van der Waals surface area (Å²) >= 11 is 0. The summed E-state index contributed by atoms with van der Waals surface area (Å²) in [6.07, 6.45) is 10.3. The van der Waals surface area contributed by atoms with E-state index in [0.29, 0.717) is 0 Å². The lowest BCUT2D eigenvalue weighted by Crippen LogP contribution is -1.74. The zero-order valence-corrected chi connectivity index (χ0v) is 6.17. The maximum atomic E-state index is 5.14. The normalized spacial score (nSPS) is 7.09. The van der Waals surface area contributed by atoms with Crippen molar-refractivity contribution in [2.45, 2.75) is 0 Å². The molecule has 0 fully saturated rings. The molecule has 1 nitrogen and oxygen atoms in total. The second kappa shape index (κ2) is 4.17. The highest BCUT2D eigenvalue weighted by atomic mass is 14.0. The molecular weight excluding hydrogens is 134 g/mol. The molecule has 1 aromatic rings. The van der Waals surface area contributed by atoms with E-state index in [4.69, 9.17) is 12.8 Å². The van der Waals surface area contributed by atoms with Crippen LogP contribution in [-0.2, 0) is 0 Å². The Balaban J connectivity index is 0.000001000. The van der Waals surface area contributed by atoms with Gasteiger partial charge in [-0.15, -0.1) is 12.8 Å². The van der Waals surface area contributed by atoms with E-state index in [1.54, 1.807) is 0 Å². The van der Waals surface area contributed by atoms with Crippen molar-refractivity contribution in [3.05, 3.63) is 35.4 Å². The molecule has 0 unspecified atom stereocenters. The summed E-state index contributed by atoms with van der Waals surface area (Å²) in [7, 11) is 0. The molecule has 0 aromatic heterocycles. The summed E-state index contributed by atoms with van der Waals surface area (Å²) in [4.78, 5) is 0. The first-order valence-electron chi connectivity index (χ1n) is 2.90. The van der Waals surface area contributed by atoms with Crippen LogP contribution in [0.5, 0.6) is 0 Å². The zero-order valence-electron chi connectivity index (χ0n) is 6.17. The molecule has 3 N–H and O–H groups in total. The Bertz CT molecular complexity index is 262. The van der Waals surface area contributed by atoms with Gasteiger partial charge in [-0.25, -0.2) is 0 Å². The Morgan fingerprint density at radius 3 is 1.27 bits per heavy atom. The van der Waals surface area contributed by atoms with E-state index in [-0.39, 0.29) is 6.15 Å². The van der Waals surface area contributed by atoms with E-state index < -0.39 is 0 Å². The van der Waals surface area contributed by atoms with Gasteiger partial charge in [0, 0.05) is 11.1 Å². The predicted molar refractivity (Wildman–Crippen MR) is 47.3 cm³/mol. The van der Waals surface area contributed by atoms with Crippen LogP contribution in [-0.4, -0.2) is 0 Å². The molecule has 0 saturated carbocycles. The Kier molecular flexibility index (Phi) is 3.52. The molecule has 0 bridgehead atoms. The fourth-order valence-corrected chi connectivity index (χ4v) is 0.663. The molecule has 0 amide bonds. The van der Waals surface area contributed by atoms with E-state index in [9.17, 15) is 0 Å². The highest BCUT2D eigenvalue weighted by Gasteiger charge is 1.85. The van der Waals surface area contributed by atoms with Crippen LogP contribution in [0.2, 0.25) is 0 Å². The predicted octanol–water partition coefficient (Wildman–Crippen LogP) is 1.81. The van der Waals surface area contributed by atoms with Crippen molar-refractivity contribution in [3.63, 3.8) is 0 Å². The first kappa shape index (κ1) is 9.30. The van der Waals surface area contributed by atoms with Crippen molar-refractivity contribution in [1.82, 2.24) is 6.15 Å². The third kappa shape index (κ3) is 2.18. The molecule has 0 atom stereocenters. The average Bonchev–Trinajstić information content (AvgIpc) is 2.05. The standard InChI is InChI=1S/C10H6.H3N/c1-3-9-5-7-10(4-2)8-6-9;/h1-2,5-8H;1H3. The Hall–Kier alpha value is -1.70. The fourth-order valence-electron chi connectivity index (χ4n) is 0.663. The minimum Gasteiger partial charge on any atom is -0.344 e. The van der Waals surface area contributed by atoms with Crippen LogP contribution < -0.4 is 6.15 Å². The van der Waals surface area contributed by atoms with Crippen LogP contribution in [0.4, 0.5) is 0 Å². The SMILES string of the molecule is C#Cc1ccc(C#C)cc1.N. The van der Waals surface area contributed by atoms with Gasteiger partial charge in [0.25, 0.3) is 0 Å². The molecule has 11 heavy (non-hydrogen) atoms. The van der Waals surface area contributed by atoms with Crippen LogP contribution in [0.25, 0.3) is 0 Å². The Labute approximate surface area is 67.0 Å². The molecule has 0 spiro atoms. The fraction of sp³-hybridized carbons (Fsp3) is 0. The molecule has 0 radical (unpaired) electrons. The summed E-state index contributed by atoms with van der Waals surface area (Å²) < 4.78 is 0. The number of hydrogen-bond donors (Lipinski definition) is 1. The summed E-state index contributed by atoms with van der Waals surface area (Å²) in [5.74, 6) is 5.02. The lowest BCUT2D eigenvalue weighted by Gasteiger charge is -1.89. The van der Waals surface area contributed by atoms with Gasteiger partial charge in [-0.3, -0.25) is 0 Å². The maximum absolute atomic E-state index is 5.14. The quantitative estimate of drug-likeness (QED) is 0.552. The van der Waals surface area contributed by atoms with Crippen molar-refractivity contribution < 1.29 is 0 Å². The monoisotopic (exact) mass is 143 g/mol. The summed E-state index contributed by atoms with van der Waals surface area (Å²) in [6.45, 7) is 0. The molecule has 0 aliphatic heterocycles. The summed E-state index contributed by atoms with van der Waals surface area (Å²) in [5.41, 5.74) is 1.72. The lowest BCUT2D eigenvalue weighted by molar-refractivity contribution is 1.61. The van der Waals surface area contributed by atoms with Crippen molar-refractivity contribution in [2.24, 2.45) is 0 Å². The van der Waals surface area contributed by atoms with Gasteiger partial charge >= 0.3 is 0 Å². The zero-order chi connectivity index (χ0) is 7.40. The van der Waals surface area contributed by atoms with E-state index in [0.717, 1.165) is 11.1 Å². The molecule has 1 aromatic carbocycles. The van der Waals surface area contributed by atoms with Crippen molar-refractivity contribution in [2.75, 3.05) is 0 Å². The molecule has 1 rings (SSSR count). The molecule has 0 saturated heterocycles. The second-order valence-electron chi connectivity index (χ2n) is 1.87. The Morgan fingerprint density at radius 1 is 0.818 bits per heavy atom. The van der Waals surface area contributed by atoms with Gasteiger partial charge < -0.3 is 6.15 Å². The number of terminal acetylenes is 2. The lowest BCUT2D eigenvalue weighted by atomic mass is 10.1. The third-order valence-electron chi connectivity index (χ3n) is 1.22. The van der Waals surface area contributed by atoms with E-state index >= 15 is 0 Å². The maximum Gasteiger partial charge on any atom is 0.0243 e. The van der Waals surface area contributed by atoms with Gasteiger partial charge in [0.2, 0.25) is 0 Å². The highest BCUT2D eigenvalue weighted by Crippen LogP contribution is 2.00. The largest absolute Gasteiger partial charge is 0.344 e. The smallest absolute Gasteiger partial charge is 0.0243 e. The number of benzene rings is 1. The van der Waals surface area contributed by atoms with E-state index in [2.05, 4.69) is 11.8 Å². The molecule has 0 aliphatic carbocycles. The third-order valence-corrected chi connectivity index (χ3v) is 1.22. The van der Waals surface area contributed by atoms with Gasteiger partial charge in [-0.05, 0) is 24.3 Å². The van der Waals surface area contributed by atoms with Crippen LogP contribution >= 0.6 is 0 Å². The average molecular weight is 143 g/mol. The van der Waals surface area contributed by atoms with Crippen LogP contribution in [0.3, 0.4) is 0 Å². The molecular formula is C10H9N. The van der Waals surface area contributed by atoms with Crippen molar-refractivity contribution >= 4 is 0 Å². The minimum atomic E-state index is 0. The van der Waals surface area contributed by atoms with Crippen molar-refractivity contribution in [1.29, 1.82) is 0 Å². The van der Waals surface area contributed by atoms with E-state index in [1.807, 2.05) is 24.3 Å². The Morgan fingerprint density at radius 2 is 1.09 bits per heavy atom. The van der Waals surface area contributed by atoms with Crippen LogP contribution in [0.1, 0.15) is 11.1 Å². The summed E-state index contributed by atoms with van der Waals surface area (Å²) in [5, 5.41) is 0. The van der Waals surface area contributed by atoms with Gasteiger partial charge in [0.15, 0.2) is 0 Å². The summed E-state index contributed by atoms with van der Waals surface area (Å²) in [6, 6.07) is 7.31. The number of rotatable bonds is 0. The van der Waals surface area contributed by atoms with Gasteiger partial charge in [0.1, 0.15) is 0 Å². The number of hydrogen-bond acceptors (Lipinski definition) is 1. The van der Waals surface area contributed by atoms with Crippen LogP contribution in [0, 0.1) is 24.7 Å². The van der Waals surface area contributed by atoms with Gasteiger partial charge in [-0.2, -0.15) is 0 Å². The first-order chi connectivity index (χ1) is 4.86. The second-order valence-corrected chi connectivity index (χ2v) is 1.87. The first-order valence-corrected chi connectivity index (χ1v) is 2.90. The van der Waals surface area contributed by atoms with Crippen LogP contribution in [0.15, 0.2) is 24.3 Å². The van der Waals surface area contributed by atoms with E-state index in [1.165, 1.54) is 0 Å². The topological polar surface area (TPSA) is 35.0 Å². The van der Waals surface area contributed by atoms with Gasteiger partial charge in [-0.1, -0.05) is 11.8 Å². The van der Waals surface area contributed by atoms with Crippen molar-refractivity contribution in [3.8, 4) is 24.7 Å². The van der Waals surface area contributed by atoms with Gasteiger partial charge in [0.05, 0.1) is 0 Å². The molecule has 1 heteroatoms. The molecule has 0 heterocycles.